The minimum absolute atomic E-state index is 0.0120. The number of imidazole rings is 1. The summed E-state index contributed by atoms with van der Waals surface area (Å²) in [7, 11) is -0.183. The van der Waals surface area contributed by atoms with E-state index in [9.17, 15) is 18.3 Å². The Morgan fingerprint density at radius 1 is 1.23 bits per heavy atom. The highest BCUT2D eigenvalue weighted by molar-refractivity contribution is 7.92. The van der Waals surface area contributed by atoms with Gasteiger partial charge in [-0.25, -0.2) is 4.98 Å². The molecule has 1 amide bonds. The van der Waals surface area contributed by atoms with E-state index < -0.39 is 10.0 Å². The van der Waals surface area contributed by atoms with Gasteiger partial charge >= 0.3 is 0 Å². The van der Waals surface area contributed by atoms with Gasteiger partial charge in [-0.05, 0) is 37.7 Å². The summed E-state index contributed by atoms with van der Waals surface area (Å²) in [5.41, 5.74) is 2.07. The number of benzene rings is 2. The molecule has 39 heavy (non-hydrogen) atoms. The molecule has 4 rings (SSSR count). The number of likely N-dealkylation sites (N-methyl/N-ethyl adjacent to an activating group) is 1. The highest BCUT2D eigenvalue weighted by Gasteiger charge is 2.31. The maximum atomic E-state index is 13.4. The quantitative estimate of drug-likeness (QED) is 0.417. The third kappa shape index (κ3) is 7.17. The first-order valence-corrected chi connectivity index (χ1v) is 14.5. The molecule has 210 valence electrons. The Morgan fingerprint density at radius 2 is 1.97 bits per heavy atom. The zero-order valence-corrected chi connectivity index (χ0v) is 23.6. The van der Waals surface area contributed by atoms with E-state index in [0.717, 1.165) is 6.54 Å². The molecule has 1 aliphatic rings. The molecule has 0 radical (unpaired) electrons. The first kappa shape index (κ1) is 28.6. The minimum atomic E-state index is -3.91. The van der Waals surface area contributed by atoms with Gasteiger partial charge in [0.25, 0.3) is 10.0 Å². The third-order valence-electron chi connectivity index (χ3n) is 6.91. The first-order valence-electron chi connectivity index (χ1n) is 13.0. The summed E-state index contributed by atoms with van der Waals surface area (Å²) in [5, 5.41) is 9.76. The Labute approximate surface area is 230 Å². The van der Waals surface area contributed by atoms with Crippen molar-refractivity contribution < 1.29 is 23.1 Å². The van der Waals surface area contributed by atoms with Gasteiger partial charge in [-0.2, -0.15) is 8.42 Å². The number of ether oxygens (including phenoxy) is 1. The van der Waals surface area contributed by atoms with Crippen molar-refractivity contribution in [1.29, 1.82) is 0 Å². The van der Waals surface area contributed by atoms with E-state index in [1.54, 1.807) is 34.7 Å². The van der Waals surface area contributed by atoms with E-state index in [4.69, 9.17) is 4.74 Å². The van der Waals surface area contributed by atoms with Gasteiger partial charge in [0.15, 0.2) is 5.03 Å². The summed E-state index contributed by atoms with van der Waals surface area (Å²) in [6.45, 7) is 5.49. The van der Waals surface area contributed by atoms with Gasteiger partial charge in [0.05, 0.1) is 25.4 Å². The number of nitrogens with zero attached hydrogens (tertiary/aromatic N) is 4. The molecule has 0 spiro atoms. The molecule has 10 nitrogen and oxygen atoms in total. The second kappa shape index (κ2) is 12.2. The lowest BCUT2D eigenvalue weighted by Gasteiger charge is -2.34. The van der Waals surface area contributed by atoms with Crippen LogP contribution in [0.15, 0.2) is 66.1 Å². The monoisotopic (exact) mass is 555 g/mol. The van der Waals surface area contributed by atoms with Crippen molar-refractivity contribution in [3.05, 3.63) is 72.2 Å². The molecular formula is C28H37N5O5S. The Kier molecular flexibility index (Phi) is 8.94. The fourth-order valence-corrected chi connectivity index (χ4v) is 5.75. The predicted octanol–water partition coefficient (Wildman–Crippen LogP) is 2.50. The molecule has 3 atom stereocenters. The van der Waals surface area contributed by atoms with Crippen LogP contribution in [0.5, 0.6) is 5.75 Å². The van der Waals surface area contributed by atoms with Crippen LogP contribution < -0.4 is 9.46 Å². The number of aliphatic hydroxyl groups is 1. The van der Waals surface area contributed by atoms with Crippen molar-refractivity contribution in [1.82, 2.24) is 19.4 Å². The van der Waals surface area contributed by atoms with E-state index in [-0.39, 0.29) is 42.0 Å². The largest absolute Gasteiger partial charge is 0.488 e. The van der Waals surface area contributed by atoms with Crippen molar-refractivity contribution >= 4 is 21.6 Å². The standard InChI is InChI=1S/C28H37N5O5S/c1-20-14-33(21(2)18-34)28(35)13-23-12-24(30-39(36,37)27-17-32(4)19-29-27)10-11-25(23)38-26(20)16-31(3)15-22-8-6-5-7-9-22/h5-12,17,19-21,26,30,34H,13-16,18H2,1-4H3/t20-,21+,26-/m1/s1. The van der Waals surface area contributed by atoms with Crippen molar-refractivity contribution in [2.45, 2.75) is 44.0 Å². The SMILES string of the molecule is C[C@@H]1CN([C@@H](C)CO)C(=O)Cc2cc(NS(=O)(=O)c3cn(C)cn3)ccc2O[C@@H]1CN(C)Cc1ccccc1. The molecule has 1 aromatic heterocycles. The van der Waals surface area contributed by atoms with Crippen molar-refractivity contribution in [2.24, 2.45) is 13.0 Å². The summed E-state index contributed by atoms with van der Waals surface area (Å²) >= 11 is 0. The molecule has 0 fully saturated rings. The number of amides is 1. The van der Waals surface area contributed by atoms with Crippen LogP contribution in [0.3, 0.4) is 0 Å². The summed E-state index contributed by atoms with van der Waals surface area (Å²) in [4.78, 5) is 21.2. The van der Waals surface area contributed by atoms with Crippen molar-refractivity contribution in [2.75, 3.05) is 31.5 Å². The Balaban J connectivity index is 1.63. The summed E-state index contributed by atoms with van der Waals surface area (Å²) < 4.78 is 36.3. The molecule has 0 aliphatic carbocycles. The average Bonchev–Trinajstić information content (AvgIpc) is 3.36. The lowest BCUT2D eigenvalue weighted by molar-refractivity contribution is -0.134. The zero-order valence-electron chi connectivity index (χ0n) is 22.8. The second-order valence-corrected chi connectivity index (χ2v) is 12.0. The number of sulfonamides is 1. The fourth-order valence-electron chi connectivity index (χ4n) is 4.71. The molecule has 0 bridgehead atoms. The molecule has 0 saturated heterocycles. The number of aromatic nitrogens is 2. The average molecular weight is 556 g/mol. The summed E-state index contributed by atoms with van der Waals surface area (Å²) in [5.74, 6) is 0.346. The zero-order chi connectivity index (χ0) is 28.2. The maximum absolute atomic E-state index is 13.4. The second-order valence-electron chi connectivity index (χ2n) is 10.4. The first-order chi connectivity index (χ1) is 18.6. The van der Waals surface area contributed by atoms with Gasteiger partial charge in [-0.3, -0.25) is 14.4 Å². The fraction of sp³-hybridized carbons (Fsp3) is 0.429. The van der Waals surface area contributed by atoms with Crippen LogP contribution >= 0.6 is 0 Å². The molecule has 2 N–H and O–H groups in total. The topological polar surface area (TPSA) is 117 Å². The van der Waals surface area contributed by atoms with Crippen LogP contribution in [-0.4, -0.2) is 77.7 Å². The van der Waals surface area contributed by atoms with Crippen molar-refractivity contribution in [3.8, 4) is 5.75 Å². The minimum Gasteiger partial charge on any atom is -0.488 e. The van der Waals surface area contributed by atoms with Gasteiger partial charge in [-0.1, -0.05) is 37.3 Å². The highest BCUT2D eigenvalue weighted by atomic mass is 32.2. The van der Waals surface area contributed by atoms with Crippen LogP contribution in [0.2, 0.25) is 0 Å². The number of hydrogen-bond acceptors (Lipinski definition) is 7. The Bertz CT molecular complexity index is 1380. The number of aliphatic hydroxyl groups excluding tert-OH is 1. The Morgan fingerprint density at radius 3 is 2.64 bits per heavy atom. The molecular weight excluding hydrogens is 518 g/mol. The molecule has 0 saturated carbocycles. The molecule has 2 aromatic carbocycles. The van der Waals surface area contributed by atoms with E-state index >= 15 is 0 Å². The number of aryl methyl sites for hydroxylation is 1. The number of hydrogen-bond donors (Lipinski definition) is 2. The number of carbonyl (C=O) groups excluding carboxylic acids is 1. The number of rotatable bonds is 9. The normalized spacial score (nSPS) is 19.0. The van der Waals surface area contributed by atoms with Gasteiger partial charge < -0.3 is 19.3 Å². The van der Waals surface area contributed by atoms with Crippen LogP contribution in [0.25, 0.3) is 0 Å². The van der Waals surface area contributed by atoms with Crippen molar-refractivity contribution in [3.63, 3.8) is 0 Å². The predicted molar refractivity (Wildman–Crippen MR) is 149 cm³/mol. The molecule has 0 unspecified atom stereocenters. The van der Waals surface area contributed by atoms with E-state index in [2.05, 4.69) is 26.7 Å². The lowest BCUT2D eigenvalue weighted by atomic mass is 10.0. The lowest BCUT2D eigenvalue weighted by Crippen LogP contribution is -2.47. The van der Waals surface area contributed by atoms with Gasteiger partial charge in [-0.15, -0.1) is 0 Å². The highest BCUT2D eigenvalue weighted by Crippen LogP contribution is 2.30. The number of carbonyl (C=O) groups is 1. The summed E-state index contributed by atoms with van der Waals surface area (Å²) in [6.07, 6.45) is 2.59. The maximum Gasteiger partial charge on any atom is 0.280 e. The molecule has 2 heterocycles. The Hall–Kier alpha value is -3.41. The van der Waals surface area contributed by atoms with E-state index in [1.807, 2.05) is 39.1 Å². The number of fused-ring (bicyclic) bond motifs is 1. The van der Waals surface area contributed by atoms with Gasteiger partial charge in [0.2, 0.25) is 5.91 Å². The van der Waals surface area contributed by atoms with E-state index in [1.165, 1.54) is 18.1 Å². The van der Waals surface area contributed by atoms with Crippen LogP contribution in [0.4, 0.5) is 5.69 Å². The van der Waals surface area contributed by atoms with E-state index in [0.29, 0.717) is 30.1 Å². The van der Waals surface area contributed by atoms with Crippen LogP contribution in [-0.2, 0) is 34.8 Å². The van der Waals surface area contributed by atoms with Gasteiger partial charge in [0.1, 0.15) is 11.9 Å². The summed E-state index contributed by atoms with van der Waals surface area (Å²) in [6, 6.07) is 14.8. The number of anilines is 1. The van der Waals surface area contributed by atoms with Gasteiger partial charge in [0, 0.05) is 50.0 Å². The third-order valence-corrected chi connectivity index (χ3v) is 8.18. The van der Waals surface area contributed by atoms with Crippen LogP contribution in [0, 0.1) is 5.92 Å². The van der Waals surface area contributed by atoms with Crippen LogP contribution in [0.1, 0.15) is 25.0 Å². The smallest absolute Gasteiger partial charge is 0.280 e. The molecule has 3 aromatic rings. The molecule has 1 aliphatic heterocycles. The number of nitrogens with one attached hydrogen (secondary N) is 1. The molecule has 11 heteroatoms.